The summed E-state index contributed by atoms with van der Waals surface area (Å²) in [5, 5.41) is 2.89. The number of carbonyl (C=O) groups is 1. The fourth-order valence-corrected chi connectivity index (χ4v) is 4.32. The Morgan fingerprint density at radius 1 is 1.12 bits per heavy atom. The maximum Gasteiger partial charge on any atom is 0.242 e. The zero-order valence-corrected chi connectivity index (χ0v) is 18.9. The van der Waals surface area contributed by atoms with E-state index in [1.807, 2.05) is 46.6 Å². The predicted molar refractivity (Wildman–Crippen MR) is 122 cm³/mol. The lowest BCUT2D eigenvalue weighted by atomic mass is 10.2. The number of fused-ring (bicyclic) bond motifs is 1. The number of carbonyl (C=O) groups excluding carboxylic acids is 1. The van der Waals surface area contributed by atoms with Crippen LogP contribution < -0.4 is 5.32 Å². The Hall–Kier alpha value is -3.50. The molecule has 0 aliphatic heterocycles. The Morgan fingerprint density at radius 3 is 2.53 bits per heavy atom. The summed E-state index contributed by atoms with van der Waals surface area (Å²) in [6, 6.07) is 12.4. The highest BCUT2D eigenvalue weighted by atomic mass is 32.2. The van der Waals surface area contributed by atoms with Crippen molar-refractivity contribution in [2.75, 3.05) is 19.4 Å². The predicted octanol–water partition coefficient (Wildman–Crippen LogP) is 2.58. The van der Waals surface area contributed by atoms with Crippen LogP contribution in [0.3, 0.4) is 0 Å². The number of benzene rings is 2. The fraction of sp³-hybridized carbons (Fsp3) is 0.227. The first kappa shape index (κ1) is 21.7. The third-order valence-electron chi connectivity index (χ3n) is 5.25. The van der Waals surface area contributed by atoms with E-state index in [1.165, 1.54) is 18.4 Å². The quantitative estimate of drug-likeness (QED) is 0.464. The molecular weight excluding hydrogens is 428 g/mol. The van der Waals surface area contributed by atoms with Gasteiger partial charge in [-0.15, -0.1) is 0 Å². The van der Waals surface area contributed by atoms with E-state index >= 15 is 0 Å². The smallest absolute Gasteiger partial charge is 0.242 e. The molecule has 0 aliphatic carbocycles. The highest BCUT2D eigenvalue weighted by molar-refractivity contribution is 7.89. The van der Waals surface area contributed by atoms with Gasteiger partial charge in [0.05, 0.1) is 22.3 Å². The monoisotopic (exact) mass is 452 g/mol. The molecule has 0 saturated carbocycles. The summed E-state index contributed by atoms with van der Waals surface area (Å²) < 4.78 is 29.7. The first-order chi connectivity index (χ1) is 15.3. The van der Waals surface area contributed by atoms with Gasteiger partial charge in [-0.25, -0.2) is 22.7 Å². The standard InChI is InChI=1S/C22H24N6O3S/c1-26(2)32(30,31)18-8-9-20-19(14-18)25-21(27(20)3)10-11-22(29)24-16-4-6-17(7-5-16)28-13-12-23-15-28/h4-9,12-15H,10-11H2,1-3H3,(H,24,29). The molecule has 1 amide bonds. The van der Waals surface area contributed by atoms with Crippen LogP contribution >= 0.6 is 0 Å². The van der Waals surface area contributed by atoms with E-state index in [-0.39, 0.29) is 17.2 Å². The van der Waals surface area contributed by atoms with Crippen molar-refractivity contribution in [1.29, 1.82) is 0 Å². The zero-order chi connectivity index (χ0) is 22.9. The van der Waals surface area contributed by atoms with Crippen LogP contribution in [-0.2, 0) is 28.3 Å². The average Bonchev–Trinajstić information content (AvgIpc) is 3.41. The van der Waals surface area contributed by atoms with Crippen LogP contribution in [0.25, 0.3) is 16.7 Å². The molecule has 10 heteroatoms. The fourth-order valence-electron chi connectivity index (χ4n) is 3.40. The van der Waals surface area contributed by atoms with Gasteiger partial charge in [-0.3, -0.25) is 4.79 Å². The number of hydrogen-bond donors (Lipinski definition) is 1. The van der Waals surface area contributed by atoms with E-state index in [0.29, 0.717) is 23.4 Å². The van der Waals surface area contributed by atoms with Crippen LogP contribution in [0.2, 0.25) is 0 Å². The number of nitrogens with one attached hydrogen (secondary N) is 1. The van der Waals surface area contributed by atoms with Gasteiger partial charge in [-0.2, -0.15) is 0 Å². The topological polar surface area (TPSA) is 102 Å². The van der Waals surface area contributed by atoms with Gasteiger partial charge in [0.25, 0.3) is 0 Å². The molecule has 2 heterocycles. The van der Waals surface area contributed by atoms with Crippen LogP contribution in [0.15, 0.2) is 66.1 Å². The van der Waals surface area contributed by atoms with Crippen molar-refractivity contribution in [3.05, 3.63) is 67.0 Å². The molecule has 9 nitrogen and oxygen atoms in total. The molecule has 32 heavy (non-hydrogen) atoms. The average molecular weight is 453 g/mol. The summed E-state index contributed by atoms with van der Waals surface area (Å²) in [7, 11) is 1.31. The molecule has 166 valence electrons. The molecule has 0 fully saturated rings. The number of nitrogens with zero attached hydrogens (tertiary/aromatic N) is 5. The summed E-state index contributed by atoms with van der Waals surface area (Å²) in [6.45, 7) is 0. The molecule has 4 rings (SSSR count). The van der Waals surface area contributed by atoms with Gasteiger partial charge in [0.2, 0.25) is 15.9 Å². The van der Waals surface area contributed by atoms with Crippen molar-refractivity contribution in [3.63, 3.8) is 0 Å². The SMILES string of the molecule is CN(C)S(=O)(=O)c1ccc2c(c1)nc(CCC(=O)Nc1ccc(-n3ccnc3)cc1)n2C. The van der Waals surface area contributed by atoms with E-state index < -0.39 is 10.0 Å². The highest BCUT2D eigenvalue weighted by Gasteiger charge is 2.19. The van der Waals surface area contributed by atoms with E-state index in [9.17, 15) is 13.2 Å². The summed E-state index contributed by atoms with van der Waals surface area (Å²) in [5.41, 5.74) is 3.06. The third kappa shape index (κ3) is 4.27. The second-order valence-corrected chi connectivity index (χ2v) is 9.74. The minimum absolute atomic E-state index is 0.122. The Kier molecular flexibility index (Phi) is 5.81. The summed E-state index contributed by atoms with van der Waals surface area (Å²) >= 11 is 0. The van der Waals surface area contributed by atoms with Crippen molar-refractivity contribution >= 4 is 32.7 Å². The summed E-state index contributed by atoms with van der Waals surface area (Å²) in [6.07, 6.45) is 5.95. The van der Waals surface area contributed by atoms with Gasteiger partial charge in [-0.05, 0) is 42.5 Å². The first-order valence-corrected chi connectivity index (χ1v) is 11.5. The largest absolute Gasteiger partial charge is 0.331 e. The number of anilines is 1. The molecule has 2 aromatic heterocycles. The number of amides is 1. The van der Waals surface area contributed by atoms with Gasteiger partial charge >= 0.3 is 0 Å². The molecular formula is C22H24N6O3S. The van der Waals surface area contributed by atoms with E-state index in [0.717, 1.165) is 11.2 Å². The Labute approximate surface area is 186 Å². The third-order valence-corrected chi connectivity index (χ3v) is 7.06. The molecule has 2 aromatic carbocycles. The number of aromatic nitrogens is 4. The lowest BCUT2D eigenvalue weighted by Crippen LogP contribution is -2.22. The number of hydrogen-bond acceptors (Lipinski definition) is 5. The lowest BCUT2D eigenvalue weighted by molar-refractivity contribution is -0.116. The molecule has 0 spiro atoms. The lowest BCUT2D eigenvalue weighted by Gasteiger charge is -2.10. The van der Waals surface area contributed by atoms with E-state index in [2.05, 4.69) is 15.3 Å². The highest BCUT2D eigenvalue weighted by Crippen LogP contribution is 2.22. The molecule has 0 radical (unpaired) electrons. The maximum atomic E-state index is 12.4. The van der Waals surface area contributed by atoms with Crippen LogP contribution in [-0.4, -0.2) is 51.8 Å². The minimum Gasteiger partial charge on any atom is -0.331 e. The Balaban J connectivity index is 1.43. The number of rotatable bonds is 7. The Bertz CT molecular complexity index is 1360. The van der Waals surface area contributed by atoms with Crippen molar-refractivity contribution < 1.29 is 13.2 Å². The maximum absolute atomic E-state index is 12.4. The van der Waals surface area contributed by atoms with Gasteiger partial charge in [0, 0.05) is 57.8 Å². The van der Waals surface area contributed by atoms with E-state index in [1.54, 1.807) is 30.7 Å². The summed E-state index contributed by atoms with van der Waals surface area (Å²) in [4.78, 5) is 21.2. The van der Waals surface area contributed by atoms with E-state index in [4.69, 9.17) is 0 Å². The van der Waals surface area contributed by atoms with Crippen LogP contribution in [0.5, 0.6) is 0 Å². The van der Waals surface area contributed by atoms with Gasteiger partial charge < -0.3 is 14.5 Å². The van der Waals surface area contributed by atoms with Crippen LogP contribution in [0, 0.1) is 0 Å². The second kappa shape index (κ2) is 8.56. The zero-order valence-electron chi connectivity index (χ0n) is 18.1. The van der Waals surface area contributed by atoms with Gasteiger partial charge in [0.1, 0.15) is 5.82 Å². The number of aryl methyl sites for hydroxylation is 2. The number of imidazole rings is 2. The van der Waals surface area contributed by atoms with Crippen LogP contribution in [0.4, 0.5) is 5.69 Å². The minimum atomic E-state index is -3.53. The molecule has 4 aromatic rings. The summed E-state index contributed by atoms with van der Waals surface area (Å²) in [5.74, 6) is 0.591. The first-order valence-electron chi connectivity index (χ1n) is 10.0. The molecule has 0 aliphatic rings. The molecule has 0 unspecified atom stereocenters. The number of sulfonamides is 1. The van der Waals surface area contributed by atoms with Gasteiger partial charge in [-0.1, -0.05) is 0 Å². The van der Waals surface area contributed by atoms with Crippen molar-refractivity contribution in [2.45, 2.75) is 17.7 Å². The molecule has 0 bridgehead atoms. The second-order valence-electron chi connectivity index (χ2n) is 7.59. The van der Waals surface area contributed by atoms with Crippen LogP contribution in [0.1, 0.15) is 12.2 Å². The van der Waals surface area contributed by atoms with Gasteiger partial charge in [0.15, 0.2) is 0 Å². The van der Waals surface area contributed by atoms with Crippen molar-refractivity contribution in [2.24, 2.45) is 7.05 Å². The normalized spacial score (nSPS) is 11.9. The molecule has 0 saturated heterocycles. The molecule has 1 N–H and O–H groups in total. The molecule has 0 atom stereocenters. The van der Waals surface area contributed by atoms with Crippen molar-refractivity contribution in [1.82, 2.24) is 23.4 Å². The Morgan fingerprint density at radius 2 is 1.88 bits per heavy atom. The van der Waals surface area contributed by atoms with Crippen molar-refractivity contribution in [3.8, 4) is 5.69 Å².